The van der Waals surface area contributed by atoms with Gasteiger partial charge in [0, 0.05) is 22.5 Å². The van der Waals surface area contributed by atoms with Crippen molar-refractivity contribution >= 4 is 41.8 Å². The van der Waals surface area contributed by atoms with Gasteiger partial charge in [0.05, 0.1) is 24.6 Å². The van der Waals surface area contributed by atoms with E-state index in [1.165, 1.54) is 12.1 Å². The smallest absolute Gasteiger partial charge is 0.339 e. The molecule has 0 aromatic heterocycles. The molecule has 0 saturated carbocycles. The van der Waals surface area contributed by atoms with Crippen LogP contribution in [0.25, 0.3) is 0 Å². The molecule has 0 radical (unpaired) electrons. The van der Waals surface area contributed by atoms with E-state index in [2.05, 4.69) is 31.7 Å². The summed E-state index contributed by atoms with van der Waals surface area (Å²) >= 11 is 0. The summed E-state index contributed by atoms with van der Waals surface area (Å²) in [5.74, 6) is -0.919. The predicted molar refractivity (Wildman–Crippen MR) is 136 cm³/mol. The Kier molecular flexibility index (Phi) is 9.11. The lowest BCUT2D eigenvalue weighted by molar-refractivity contribution is 0.0526. The van der Waals surface area contributed by atoms with Crippen LogP contribution in [0.3, 0.4) is 0 Å². The van der Waals surface area contributed by atoms with Gasteiger partial charge in [0.2, 0.25) is 0 Å². The van der Waals surface area contributed by atoms with Gasteiger partial charge in [-0.1, -0.05) is 36.4 Å². The average molecular weight is 489 g/mol. The number of amides is 4. The highest BCUT2D eigenvalue weighted by Gasteiger charge is 2.14. The summed E-state index contributed by atoms with van der Waals surface area (Å²) in [5, 5.41) is 23.4. The Hall–Kier alpha value is -5.19. The van der Waals surface area contributed by atoms with Crippen LogP contribution in [-0.2, 0) is 4.74 Å². The van der Waals surface area contributed by atoms with Crippen molar-refractivity contribution < 1.29 is 24.2 Å². The number of phenolic OH excluding ortho intramolecular Hbond substituents is 1. The van der Waals surface area contributed by atoms with Gasteiger partial charge in [0.15, 0.2) is 0 Å². The van der Waals surface area contributed by atoms with Crippen molar-refractivity contribution in [2.45, 2.75) is 6.92 Å². The van der Waals surface area contributed by atoms with E-state index in [0.717, 1.165) is 12.4 Å². The number of nitrogens with one attached hydrogen (secondary N) is 4. The summed E-state index contributed by atoms with van der Waals surface area (Å²) in [7, 11) is 0. The normalized spacial score (nSPS) is 10.7. The second kappa shape index (κ2) is 12.9. The molecule has 0 fully saturated rings. The van der Waals surface area contributed by atoms with Crippen molar-refractivity contribution in [2.75, 3.05) is 17.2 Å². The van der Waals surface area contributed by atoms with Crippen molar-refractivity contribution in [2.24, 2.45) is 10.2 Å². The summed E-state index contributed by atoms with van der Waals surface area (Å²) in [4.78, 5) is 36.3. The molecule has 0 aliphatic heterocycles. The van der Waals surface area contributed by atoms with Crippen molar-refractivity contribution in [1.29, 1.82) is 0 Å². The molecule has 0 heterocycles. The van der Waals surface area contributed by atoms with Gasteiger partial charge in [0.1, 0.15) is 5.75 Å². The number of carbonyl (C=O) groups is 3. The second-order valence-corrected chi connectivity index (χ2v) is 7.10. The molecule has 3 rings (SSSR count). The van der Waals surface area contributed by atoms with E-state index in [9.17, 15) is 19.5 Å². The number of hydrazone groups is 2. The molecule has 11 nitrogen and oxygen atoms in total. The first-order valence-electron chi connectivity index (χ1n) is 10.8. The molecule has 3 aromatic rings. The van der Waals surface area contributed by atoms with Crippen LogP contribution in [0.5, 0.6) is 5.75 Å². The number of ether oxygens (including phenoxy) is 1. The molecule has 36 heavy (non-hydrogen) atoms. The van der Waals surface area contributed by atoms with E-state index in [1.54, 1.807) is 55.5 Å². The van der Waals surface area contributed by atoms with Crippen LogP contribution in [0.4, 0.5) is 21.0 Å². The minimum atomic E-state index is -0.633. The Morgan fingerprint density at radius 3 is 1.67 bits per heavy atom. The standard InChI is InChI=1S/C25H24N6O5/c1-2-36-23(33)17-13-18(15-26-30-24(34)28-20-9-5-3-6-10-20)22(32)19(14-17)16-27-31-25(35)29-21-11-7-4-8-12-21/h3-16,32H,2H2,1H3,(H2,28,30,34)(H2,29,31,35)/b26-15+,27-16+. The molecule has 184 valence electrons. The quantitative estimate of drug-likeness (QED) is 0.185. The molecular formula is C25H24N6O5. The third-order valence-corrected chi connectivity index (χ3v) is 4.48. The van der Waals surface area contributed by atoms with Crippen LogP contribution in [0.2, 0.25) is 0 Å². The van der Waals surface area contributed by atoms with Gasteiger partial charge in [-0.25, -0.2) is 25.2 Å². The maximum Gasteiger partial charge on any atom is 0.339 e. The molecular weight excluding hydrogens is 464 g/mol. The van der Waals surface area contributed by atoms with Gasteiger partial charge in [-0.05, 0) is 43.3 Å². The van der Waals surface area contributed by atoms with Gasteiger partial charge in [-0.15, -0.1) is 0 Å². The van der Waals surface area contributed by atoms with Crippen LogP contribution in [-0.4, -0.2) is 42.2 Å². The number of phenols is 1. The van der Waals surface area contributed by atoms with Crippen LogP contribution in [0.15, 0.2) is 83.0 Å². The topological polar surface area (TPSA) is 154 Å². The van der Waals surface area contributed by atoms with Crippen LogP contribution >= 0.6 is 0 Å². The highest BCUT2D eigenvalue weighted by Crippen LogP contribution is 2.23. The summed E-state index contributed by atoms with van der Waals surface area (Å²) in [6, 6.07) is 19.0. The number of urea groups is 2. The van der Waals surface area contributed by atoms with E-state index in [1.807, 2.05) is 12.1 Å². The molecule has 0 aliphatic rings. The van der Waals surface area contributed by atoms with Crippen LogP contribution < -0.4 is 21.5 Å². The Bertz CT molecular complexity index is 1180. The molecule has 5 N–H and O–H groups in total. The van der Waals surface area contributed by atoms with Gasteiger partial charge >= 0.3 is 18.0 Å². The number of hydrogen-bond acceptors (Lipinski definition) is 7. The van der Waals surface area contributed by atoms with Gasteiger partial charge in [0.25, 0.3) is 0 Å². The molecule has 0 unspecified atom stereocenters. The number of para-hydroxylation sites is 2. The van der Waals surface area contributed by atoms with Crippen molar-refractivity contribution in [1.82, 2.24) is 10.9 Å². The molecule has 4 amide bonds. The monoisotopic (exact) mass is 488 g/mol. The molecule has 0 bridgehead atoms. The molecule has 0 spiro atoms. The number of carbonyl (C=O) groups excluding carboxylic acids is 3. The zero-order valence-electron chi connectivity index (χ0n) is 19.3. The first kappa shape index (κ1) is 25.4. The molecule has 0 aliphatic carbocycles. The predicted octanol–water partition coefficient (Wildman–Crippen LogP) is 3.88. The minimum absolute atomic E-state index is 0.107. The van der Waals surface area contributed by atoms with Gasteiger partial charge < -0.3 is 20.5 Å². The summed E-state index contributed by atoms with van der Waals surface area (Å²) in [6.45, 7) is 1.81. The van der Waals surface area contributed by atoms with Crippen molar-refractivity contribution in [3.8, 4) is 5.75 Å². The fourth-order valence-electron chi connectivity index (χ4n) is 2.89. The van der Waals surface area contributed by atoms with Crippen LogP contribution in [0, 0.1) is 0 Å². The lowest BCUT2D eigenvalue weighted by Gasteiger charge is -2.08. The lowest BCUT2D eigenvalue weighted by atomic mass is 10.0. The summed E-state index contributed by atoms with van der Waals surface area (Å²) in [5.41, 5.74) is 6.01. The Balaban J connectivity index is 1.73. The van der Waals surface area contributed by atoms with Gasteiger partial charge in [-0.3, -0.25) is 0 Å². The number of hydrogen-bond donors (Lipinski definition) is 5. The Labute approximate surface area is 206 Å². The third kappa shape index (κ3) is 7.70. The first-order valence-corrected chi connectivity index (χ1v) is 10.8. The zero-order chi connectivity index (χ0) is 25.8. The molecule has 3 aromatic carbocycles. The van der Waals surface area contributed by atoms with Crippen molar-refractivity contribution in [3.63, 3.8) is 0 Å². The Morgan fingerprint density at radius 2 is 1.25 bits per heavy atom. The van der Waals surface area contributed by atoms with Gasteiger partial charge in [-0.2, -0.15) is 10.2 Å². The largest absolute Gasteiger partial charge is 0.507 e. The zero-order valence-corrected chi connectivity index (χ0v) is 19.3. The molecule has 0 saturated heterocycles. The molecule has 11 heteroatoms. The number of nitrogens with zero attached hydrogens (tertiary/aromatic N) is 2. The van der Waals surface area contributed by atoms with Crippen molar-refractivity contribution in [3.05, 3.63) is 89.5 Å². The average Bonchev–Trinajstić information content (AvgIpc) is 2.87. The van der Waals surface area contributed by atoms with E-state index in [-0.39, 0.29) is 29.0 Å². The number of rotatable bonds is 8. The number of benzene rings is 3. The third-order valence-electron chi connectivity index (χ3n) is 4.48. The van der Waals surface area contributed by atoms with E-state index in [0.29, 0.717) is 11.4 Å². The number of esters is 1. The molecule has 0 atom stereocenters. The fourth-order valence-corrected chi connectivity index (χ4v) is 2.89. The SMILES string of the molecule is CCOC(=O)c1cc(/C=N/NC(=O)Nc2ccccc2)c(O)c(/C=N/NC(=O)Nc2ccccc2)c1. The van der Waals surface area contributed by atoms with Crippen LogP contribution in [0.1, 0.15) is 28.4 Å². The summed E-state index contributed by atoms with van der Waals surface area (Å²) < 4.78 is 5.03. The Morgan fingerprint density at radius 1 is 0.806 bits per heavy atom. The highest BCUT2D eigenvalue weighted by molar-refractivity contribution is 5.99. The summed E-state index contributed by atoms with van der Waals surface area (Å²) in [6.07, 6.45) is 2.32. The number of anilines is 2. The second-order valence-electron chi connectivity index (χ2n) is 7.10. The maximum absolute atomic E-state index is 12.3. The van der Waals surface area contributed by atoms with E-state index in [4.69, 9.17) is 4.74 Å². The minimum Gasteiger partial charge on any atom is -0.507 e. The first-order chi connectivity index (χ1) is 17.5. The maximum atomic E-state index is 12.3. The van der Waals surface area contributed by atoms with E-state index < -0.39 is 18.0 Å². The number of aromatic hydroxyl groups is 1. The highest BCUT2D eigenvalue weighted by atomic mass is 16.5. The fraction of sp³-hybridized carbons (Fsp3) is 0.0800. The lowest BCUT2D eigenvalue weighted by Crippen LogP contribution is -2.24. The van der Waals surface area contributed by atoms with E-state index >= 15 is 0 Å².